The number of nitrogens with zero attached hydrogens (tertiary/aromatic N) is 7. The van der Waals surface area contributed by atoms with Gasteiger partial charge in [0.25, 0.3) is 0 Å². The highest BCUT2D eigenvalue weighted by Crippen LogP contribution is 2.44. The van der Waals surface area contributed by atoms with Gasteiger partial charge < -0.3 is 34.4 Å². The van der Waals surface area contributed by atoms with Gasteiger partial charge in [0.2, 0.25) is 0 Å². The molecule has 1 spiro atoms. The number of anilines is 3. The van der Waals surface area contributed by atoms with Gasteiger partial charge in [0, 0.05) is 37.6 Å². The van der Waals surface area contributed by atoms with Crippen LogP contribution in [0.3, 0.4) is 0 Å². The van der Waals surface area contributed by atoms with Crippen LogP contribution in [0.5, 0.6) is 0 Å². The van der Waals surface area contributed by atoms with Crippen LogP contribution < -0.4 is 15.1 Å². The minimum Gasteiger partial charge on any atom is -0.477 e. The molecule has 0 radical (unpaired) electrons. The molecular formula is C34H46N8O6. The van der Waals surface area contributed by atoms with Crippen LogP contribution in [0.2, 0.25) is 0 Å². The summed E-state index contributed by atoms with van der Waals surface area (Å²) in [6.07, 6.45) is 6.35. The van der Waals surface area contributed by atoms with E-state index in [2.05, 4.69) is 27.0 Å². The third kappa shape index (κ3) is 6.04. The Hall–Kier alpha value is -4.04. The third-order valence-corrected chi connectivity index (χ3v) is 10.2. The van der Waals surface area contributed by atoms with Crippen molar-refractivity contribution < 1.29 is 28.9 Å². The summed E-state index contributed by atoms with van der Waals surface area (Å²) >= 11 is 0. The summed E-state index contributed by atoms with van der Waals surface area (Å²) in [6, 6.07) is 3.23. The van der Waals surface area contributed by atoms with Gasteiger partial charge in [0.1, 0.15) is 17.1 Å². The highest BCUT2D eigenvalue weighted by atomic mass is 16.6. The van der Waals surface area contributed by atoms with Crippen LogP contribution in [-0.4, -0.2) is 92.5 Å². The molecule has 7 rings (SSSR count). The quantitative estimate of drug-likeness (QED) is 0.370. The number of aromatic nitrogens is 5. The molecule has 0 aliphatic carbocycles. The van der Waals surface area contributed by atoms with Gasteiger partial charge in [-0.3, -0.25) is 0 Å². The van der Waals surface area contributed by atoms with E-state index in [1.54, 1.807) is 6.07 Å². The first-order valence-electron chi connectivity index (χ1n) is 17.2. The smallest absolute Gasteiger partial charge is 0.407 e. The zero-order valence-corrected chi connectivity index (χ0v) is 28.4. The molecule has 1 amide bonds. The Balaban J connectivity index is 1.18. The first-order chi connectivity index (χ1) is 22.9. The average molecular weight is 663 g/mol. The van der Waals surface area contributed by atoms with Crippen LogP contribution in [0, 0.1) is 5.41 Å². The number of nitrogens with one attached hydrogen (secondary N) is 1. The predicted molar refractivity (Wildman–Crippen MR) is 178 cm³/mol. The molecule has 0 bridgehead atoms. The van der Waals surface area contributed by atoms with Gasteiger partial charge in [-0.25, -0.2) is 29.2 Å². The largest absolute Gasteiger partial charge is 0.477 e. The normalized spacial score (nSPS) is 25.7. The summed E-state index contributed by atoms with van der Waals surface area (Å²) in [7, 11) is 0. The van der Waals surface area contributed by atoms with E-state index in [4.69, 9.17) is 29.3 Å². The molecule has 0 saturated carbocycles. The maximum atomic E-state index is 12.7. The van der Waals surface area contributed by atoms with Gasteiger partial charge >= 0.3 is 12.1 Å². The first kappa shape index (κ1) is 32.5. The summed E-state index contributed by atoms with van der Waals surface area (Å²) in [5, 5.41) is 17.8. The number of fused-ring (bicyclic) bond motifs is 2. The molecule has 1 unspecified atom stereocenters. The minimum atomic E-state index is -1.04. The molecule has 3 aromatic rings. The van der Waals surface area contributed by atoms with E-state index in [-0.39, 0.29) is 35.4 Å². The SMILES string of the molecule is C[C@@H]1OCC2(CCN(c3cnc4c(N5CC[C@H](C)c6nc(C(=O)O)ccc65)nn(C5CCCCO5)c4n3)CC2)[C@@H]1NC(=O)OC(C)(C)C. The van der Waals surface area contributed by atoms with Gasteiger partial charge in [-0.05, 0) is 78.4 Å². The molecule has 3 fully saturated rings. The molecule has 0 aromatic carbocycles. The topological polar surface area (TPSA) is 157 Å². The number of ether oxygens (including phenoxy) is 3. The number of carboxylic acid groups (broad SMARTS) is 1. The van der Waals surface area contributed by atoms with Crippen molar-refractivity contribution in [2.24, 2.45) is 5.41 Å². The summed E-state index contributed by atoms with van der Waals surface area (Å²) in [5.41, 5.74) is 2.18. The summed E-state index contributed by atoms with van der Waals surface area (Å²) in [6.45, 7) is 13.1. The molecular weight excluding hydrogens is 616 g/mol. The minimum absolute atomic E-state index is 0.0340. The van der Waals surface area contributed by atoms with Crippen molar-refractivity contribution in [3.63, 3.8) is 0 Å². The molecule has 3 aromatic heterocycles. The van der Waals surface area contributed by atoms with Crippen molar-refractivity contribution in [3.8, 4) is 0 Å². The average Bonchev–Trinajstić information content (AvgIpc) is 3.58. The fourth-order valence-corrected chi connectivity index (χ4v) is 7.64. The Bertz CT molecular complexity index is 1690. The standard InChI is InChI=1S/C34H46N8O6/c1-20-11-14-41(23-10-9-22(31(43)44)36-26(20)23)30-27-29(42(39-30)25-8-6-7-17-46-25)37-24(18-35-27)40-15-12-34(13-16-40)19-47-21(2)28(34)38-32(45)48-33(3,4)5/h9-10,18,20-21,25,28H,6-8,11-17,19H2,1-5H3,(H,38,45)(H,43,44)/t20-,21-,25?,28+/m0/s1. The van der Waals surface area contributed by atoms with Crippen molar-refractivity contribution in [3.05, 3.63) is 29.7 Å². The second kappa shape index (κ2) is 12.4. The van der Waals surface area contributed by atoms with E-state index in [0.29, 0.717) is 36.7 Å². The van der Waals surface area contributed by atoms with E-state index in [9.17, 15) is 14.7 Å². The summed E-state index contributed by atoms with van der Waals surface area (Å²) in [4.78, 5) is 43.4. The Kier molecular flexibility index (Phi) is 8.43. The summed E-state index contributed by atoms with van der Waals surface area (Å²) in [5.74, 6) is 0.503. The molecule has 14 heteroatoms. The van der Waals surface area contributed by atoms with E-state index in [1.807, 2.05) is 44.6 Å². The molecule has 4 atom stereocenters. The zero-order chi connectivity index (χ0) is 33.8. The second-order valence-corrected chi connectivity index (χ2v) is 14.7. The molecule has 2 N–H and O–H groups in total. The number of carbonyl (C=O) groups excluding carboxylic acids is 1. The lowest BCUT2D eigenvalue weighted by Gasteiger charge is -2.42. The monoisotopic (exact) mass is 662 g/mol. The summed E-state index contributed by atoms with van der Waals surface area (Å²) < 4.78 is 19.8. The van der Waals surface area contributed by atoms with Crippen molar-refractivity contribution in [1.82, 2.24) is 30.0 Å². The van der Waals surface area contributed by atoms with Crippen LogP contribution in [0.1, 0.15) is 101 Å². The second-order valence-electron chi connectivity index (χ2n) is 14.7. The molecule has 258 valence electrons. The number of amides is 1. The maximum absolute atomic E-state index is 12.7. The van der Waals surface area contributed by atoms with Crippen LogP contribution in [-0.2, 0) is 14.2 Å². The van der Waals surface area contributed by atoms with Gasteiger partial charge in [-0.15, -0.1) is 5.10 Å². The molecule has 4 aliphatic heterocycles. The van der Waals surface area contributed by atoms with Crippen LogP contribution in [0.15, 0.2) is 18.3 Å². The van der Waals surface area contributed by atoms with Crippen LogP contribution in [0.25, 0.3) is 11.2 Å². The van der Waals surface area contributed by atoms with Gasteiger partial charge in [-0.1, -0.05) is 6.92 Å². The van der Waals surface area contributed by atoms with Crippen molar-refractivity contribution in [1.29, 1.82) is 0 Å². The molecule has 48 heavy (non-hydrogen) atoms. The highest BCUT2D eigenvalue weighted by Gasteiger charge is 2.50. The Morgan fingerprint density at radius 1 is 1.06 bits per heavy atom. The van der Waals surface area contributed by atoms with Crippen molar-refractivity contribution >= 4 is 40.5 Å². The zero-order valence-electron chi connectivity index (χ0n) is 28.4. The van der Waals surface area contributed by atoms with Gasteiger partial charge in [0.15, 0.2) is 23.2 Å². The number of pyridine rings is 1. The number of alkyl carbamates (subject to hydrolysis) is 1. The number of hydrogen-bond acceptors (Lipinski definition) is 11. The fourth-order valence-electron chi connectivity index (χ4n) is 7.64. The number of hydrogen-bond donors (Lipinski definition) is 2. The third-order valence-electron chi connectivity index (χ3n) is 10.2. The number of carbonyl (C=O) groups is 2. The number of piperidine rings is 1. The molecule has 4 aliphatic rings. The Labute approximate surface area is 280 Å². The van der Waals surface area contributed by atoms with E-state index in [0.717, 1.165) is 68.8 Å². The first-order valence-corrected chi connectivity index (χ1v) is 17.2. The van der Waals surface area contributed by atoms with Crippen molar-refractivity contribution in [2.45, 2.75) is 103 Å². The maximum Gasteiger partial charge on any atom is 0.407 e. The predicted octanol–water partition coefficient (Wildman–Crippen LogP) is 5.16. The Morgan fingerprint density at radius 2 is 1.85 bits per heavy atom. The van der Waals surface area contributed by atoms with E-state index >= 15 is 0 Å². The van der Waals surface area contributed by atoms with Crippen molar-refractivity contribution in [2.75, 3.05) is 42.6 Å². The van der Waals surface area contributed by atoms with Crippen LogP contribution >= 0.6 is 0 Å². The lowest BCUT2D eigenvalue weighted by molar-refractivity contribution is -0.0368. The van der Waals surface area contributed by atoms with E-state index in [1.165, 1.54) is 0 Å². The number of rotatable bonds is 5. The highest BCUT2D eigenvalue weighted by molar-refractivity contribution is 5.90. The van der Waals surface area contributed by atoms with E-state index < -0.39 is 17.7 Å². The van der Waals surface area contributed by atoms with Gasteiger partial charge in [-0.2, -0.15) is 0 Å². The lowest BCUT2D eigenvalue weighted by Crippen LogP contribution is -2.55. The molecule has 14 nitrogen and oxygen atoms in total. The molecule has 7 heterocycles. The fraction of sp³-hybridized carbons (Fsp3) is 0.647. The lowest BCUT2D eigenvalue weighted by atomic mass is 9.73. The Morgan fingerprint density at radius 3 is 2.56 bits per heavy atom. The van der Waals surface area contributed by atoms with Gasteiger partial charge in [0.05, 0.1) is 36.3 Å². The molecule has 3 saturated heterocycles. The van der Waals surface area contributed by atoms with Crippen LogP contribution in [0.4, 0.5) is 22.1 Å². The number of aromatic carboxylic acids is 1. The number of carboxylic acids is 1.